The molecule has 218 valence electrons. The van der Waals surface area contributed by atoms with Crippen molar-refractivity contribution in [3.05, 3.63) is 65.2 Å². The Bertz CT molecular complexity index is 1110. The summed E-state index contributed by atoms with van der Waals surface area (Å²) in [5.74, 6) is 3.67. The van der Waals surface area contributed by atoms with Crippen molar-refractivity contribution in [1.29, 1.82) is 0 Å². The van der Waals surface area contributed by atoms with Crippen molar-refractivity contribution >= 4 is 5.97 Å². The average molecular weight is 545 g/mol. The summed E-state index contributed by atoms with van der Waals surface area (Å²) in [5.41, 5.74) is 3.74. The molecule has 3 atom stereocenters. The van der Waals surface area contributed by atoms with Crippen LogP contribution in [0.5, 0.6) is 5.75 Å². The summed E-state index contributed by atoms with van der Waals surface area (Å²) in [5, 5.41) is 9.80. The Balaban J connectivity index is 1.36. The highest BCUT2D eigenvalue weighted by Gasteiger charge is 2.58. The molecule has 4 bridgehead atoms. The van der Waals surface area contributed by atoms with E-state index in [0.717, 1.165) is 37.5 Å². The molecule has 0 heterocycles. The van der Waals surface area contributed by atoms with Crippen LogP contribution in [0.1, 0.15) is 128 Å². The molecular weight excluding hydrogens is 492 g/mol. The SMILES string of the molecule is CCC(CC(CC(C)c1ccc(O)cc1)c1ccc(C(C)(C)C)cc1)C(=O)OC1(CC)C2CC3CC(C2)CC1C3. The van der Waals surface area contributed by atoms with E-state index in [-0.39, 0.29) is 28.8 Å². The number of esters is 1. The van der Waals surface area contributed by atoms with Gasteiger partial charge in [0.25, 0.3) is 0 Å². The standard InChI is InChI=1S/C37H52O3/c1-7-27(35(39)40-37(8-2)32-19-25-18-26(21-32)22-33(37)20-25)23-30(17-24(3)28-11-15-34(38)16-12-28)29-9-13-31(14-10-29)36(4,5)6/h9-16,24-27,30,32-33,38H,7-8,17-23H2,1-6H3. The van der Waals surface area contributed by atoms with Crippen LogP contribution in [0.15, 0.2) is 48.5 Å². The average Bonchev–Trinajstić information content (AvgIpc) is 2.92. The molecule has 6 rings (SSSR count). The summed E-state index contributed by atoms with van der Waals surface area (Å²) in [4.78, 5) is 14.0. The first-order valence-electron chi connectivity index (χ1n) is 16.1. The van der Waals surface area contributed by atoms with Gasteiger partial charge >= 0.3 is 5.97 Å². The van der Waals surface area contributed by atoms with Crippen LogP contribution in [0, 0.1) is 29.6 Å². The fraction of sp³-hybridized carbons (Fsp3) is 0.649. The second kappa shape index (κ2) is 11.5. The summed E-state index contributed by atoms with van der Waals surface area (Å²) in [6, 6.07) is 16.7. The minimum Gasteiger partial charge on any atom is -0.508 e. The van der Waals surface area contributed by atoms with E-state index >= 15 is 0 Å². The van der Waals surface area contributed by atoms with Crippen LogP contribution in [0.2, 0.25) is 0 Å². The Morgan fingerprint density at radius 2 is 1.43 bits per heavy atom. The number of carbonyl (C=O) groups excluding carboxylic acids is 1. The topological polar surface area (TPSA) is 46.5 Å². The fourth-order valence-corrected chi connectivity index (χ4v) is 8.83. The highest BCUT2D eigenvalue weighted by Crippen LogP contribution is 2.61. The number of phenolic OH excluding ortho intramolecular Hbond substituents is 1. The molecule has 0 amide bonds. The Morgan fingerprint density at radius 3 is 1.93 bits per heavy atom. The summed E-state index contributed by atoms with van der Waals surface area (Å²) in [6.45, 7) is 13.4. The number of aromatic hydroxyl groups is 1. The molecule has 0 radical (unpaired) electrons. The van der Waals surface area contributed by atoms with E-state index in [1.54, 1.807) is 12.1 Å². The zero-order chi connectivity index (χ0) is 28.7. The highest BCUT2D eigenvalue weighted by atomic mass is 16.6. The lowest BCUT2D eigenvalue weighted by atomic mass is 9.49. The molecule has 4 saturated carbocycles. The molecule has 40 heavy (non-hydrogen) atoms. The zero-order valence-corrected chi connectivity index (χ0v) is 25.8. The molecule has 0 spiro atoms. The van der Waals surface area contributed by atoms with Gasteiger partial charge in [-0.15, -0.1) is 0 Å². The van der Waals surface area contributed by atoms with Crippen molar-refractivity contribution in [2.75, 3.05) is 0 Å². The van der Waals surface area contributed by atoms with Crippen molar-refractivity contribution in [3.8, 4) is 5.75 Å². The van der Waals surface area contributed by atoms with Crippen molar-refractivity contribution in [2.45, 2.75) is 122 Å². The van der Waals surface area contributed by atoms with Gasteiger partial charge in [0.2, 0.25) is 0 Å². The zero-order valence-electron chi connectivity index (χ0n) is 25.8. The summed E-state index contributed by atoms with van der Waals surface area (Å²) in [7, 11) is 0. The van der Waals surface area contributed by atoms with Gasteiger partial charge in [0, 0.05) is 0 Å². The molecule has 0 aliphatic heterocycles. The van der Waals surface area contributed by atoms with Crippen LogP contribution in [-0.2, 0) is 14.9 Å². The maximum atomic E-state index is 14.0. The first-order valence-corrected chi connectivity index (χ1v) is 16.1. The normalized spacial score (nSPS) is 29.6. The van der Waals surface area contributed by atoms with Crippen LogP contribution in [0.3, 0.4) is 0 Å². The molecule has 3 heteroatoms. The Morgan fingerprint density at radius 1 is 0.875 bits per heavy atom. The largest absolute Gasteiger partial charge is 0.508 e. The van der Waals surface area contributed by atoms with Gasteiger partial charge in [-0.25, -0.2) is 0 Å². The second-order valence-electron chi connectivity index (χ2n) is 14.7. The predicted octanol–water partition coefficient (Wildman–Crippen LogP) is 9.53. The van der Waals surface area contributed by atoms with Crippen molar-refractivity contribution in [1.82, 2.24) is 0 Å². The Hall–Kier alpha value is -2.29. The molecule has 0 saturated heterocycles. The minimum absolute atomic E-state index is 0.0467. The van der Waals surface area contributed by atoms with E-state index in [0.29, 0.717) is 23.5 Å². The van der Waals surface area contributed by atoms with Crippen LogP contribution in [0.25, 0.3) is 0 Å². The van der Waals surface area contributed by atoms with Gasteiger partial charge in [-0.05, 0) is 128 Å². The number of carbonyl (C=O) groups is 1. The summed E-state index contributed by atoms with van der Waals surface area (Å²) >= 11 is 0. The van der Waals surface area contributed by atoms with Gasteiger partial charge in [-0.1, -0.05) is 77.9 Å². The number of ether oxygens (including phenoxy) is 1. The van der Waals surface area contributed by atoms with Gasteiger partial charge in [0.1, 0.15) is 11.4 Å². The van der Waals surface area contributed by atoms with Crippen molar-refractivity contribution < 1.29 is 14.6 Å². The molecule has 2 aromatic rings. The van der Waals surface area contributed by atoms with E-state index in [1.807, 2.05) is 12.1 Å². The molecule has 4 aliphatic rings. The van der Waals surface area contributed by atoms with Gasteiger partial charge in [-0.3, -0.25) is 4.79 Å². The van der Waals surface area contributed by atoms with Crippen molar-refractivity contribution in [3.63, 3.8) is 0 Å². The summed E-state index contributed by atoms with van der Waals surface area (Å²) in [6.07, 6.45) is 9.99. The molecule has 3 unspecified atom stereocenters. The predicted molar refractivity (Wildman–Crippen MR) is 164 cm³/mol. The first-order chi connectivity index (χ1) is 19.0. The van der Waals surface area contributed by atoms with Crippen LogP contribution in [0.4, 0.5) is 0 Å². The van der Waals surface area contributed by atoms with Crippen molar-refractivity contribution in [2.24, 2.45) is 29.6 Å². The molecule has 2 aromatic carbocycles. The molecule has 1 N–H and O–H groups in total. The molecule has 0 aromatic heterocycles. The minimum atomic E-state index is -0.235. The molecular formula is C37H52O3. The van der Waals surface area contributed by atoms with Gasteiger partial charge in [0.15, 0.2) is 0 Å². The van der Waals surface area contributed by atoms with E-state index in [9.17, 15) is 9.90 Å². The fourth-order valence-electron chi connectivity index (χ4n) is 8.83. The van der Waals surface area contributed by atoms with Crippen LogP contribution < -0.4 is 0 Å². The number of benzene rings is 2. The Kier molecular flexibility index (Phi) is 8.42. The van der Waals surface area contributed by atoms with Crippen LogP contribution >= 0.6 is 0 Å². The van der Waals surface area contributed by atoms with E-state index in [4.69, 9.17) is 4.74 Å². The first kappa shape index (κ1) is 29.2. The van der Waals surface area contributed by atoms with E-state index in [2.05, 4.69) is 65.8 Å². The lowest BCUT2D eigenvalue weighted by Crippen LogP contribution is -2.59. The Labute approximate surface area is 243 Å². The van der Waals surface area contributed by atoms with Crippen LogP contribution in [-0.4, -0.2) is 16.7 Å². The monoisotopic (exact) mass is 544 g/mol. The van der Waals surface area contributed by atoms with E-state index in [1.165, 1.54) is 48.8 Å². The smallest absolute Gasteiger partial charge is 0.309 e. The number of hydrogen-bond acceptors (Lipinski definition) is 3. The highest BCUT2D eigenvalue weighted by molar-refractivity contribution is 5.73. The third-order valence-corrected chi connectivity index (χ3v) is 11.1. The molecule has 4 aliphatic carbocycles. The second-order valence-corrected chi connectivity index (χ2v) is 14.7. The maximum Gasteiger partial charge on any atom is 0.309 e. The van der Waals surface area contributed by atoms with E-state index < -0.39 is 0 Å². The third-order valence-electron chi connectivity index (χ3n) is 11.1. The number of hydrogen-bond donors (Lipinski definition) is 1. The van der Waals surface area contributed by atoms with Gasteiger partial charge in [0.05, 0.1) is 5.92 Å². The summed E-state index contributed by atoms with van der Waals surface area (Å²) < 4.78 is 6.75. The quantitative estimate of drug-likeness (QED) is 0.303. The number of rotatable bonds is 10. The molecule has 4 fully saturated rings. The molecule has 3 nitrogen and oxygen atoms in total. The maximum absolute atomic E-state index is 14.0. The number of phenols is 1. The lowest BCUT2D eigenvalue weighted by molar-refractivity contribution is -0.214. The lowest BCUT2D eigenvalue weighted by Gasteiger charge is -2.60. The third kappa shape index (κ3) is 5.86. The van der Waals surface area contributed by atoms with Gasteiger partial charge < -0.3 is 9.84 Å². The van der Waals surface area contributed by atoms with Gasteiger partial charge in [-0.2, -0.15) is 0 Å².